The van der Waals surface area contributed by atoms with Crippen LogP contribution in [0.15, 0.2) is 73.1 Å². The normalized spacial score (nSPS) is 30.0. The van der Waals surface area contributed by atoms with Crippen molar-refractivity contribution in [3.8, 4) is 0 Å². The van der Waals surface area contributed by atoms with Crippen molar-refractivity contribution in [2.24, 2.45) is 11.8 Å². The van der Waals surface area contributed by atoms with Crippen molar-refractivity contribution in [1.82, 2.24) is 30.0 Å². The summed E-state index contributed by atoms with van der Waals surface area (Å²) in [7, 11) is 0. The lowest BCUT2D eigenvalue weighted by Crippen LogP contribution is -2.62. The van der Waals surface area contributed by atoms with Crippen LogP contribution in [-0.4, -0.2) is 150 Å². The molecule has 24 heteroatoms. The van der Waals surface area contributed by atoms with Gasteiger partial charge in [0.25, 0.3) is 0 Å². The molecular formula is C49H60Cl2N6O16. The number of hydrogen-bond donors (Lipinski definition) is 1. The van der Waals surface area contributed by atoms with Crippen molar-refractivity contribution in [1.29, 1.82) is 0 Å². The van der Waals surface area contributed by atoms with Gasteiger partial charge in [-0.1, -0.05) is 67.6 Å². The fourth-order valence-corrected chi connectivity index (χ4v) is 9.72. The van der Waals surface area contributed by atoms with Gasteiger partial charge in [-0.2, -0.15) is 0 Å². The number of alkyl halides is 2. The van der Waals surface area contributed by atoms with E-state index in [9.17, 15) is 29.1 Å². The van der Waals surface area contributed by atoms with Gasteiger partial charge in [0.2, 0.25) is 12.1 Å². The van der Waals surface area contributed by atoms with E-state index in [0.29, 0.717) is 30.7 Å². The van der Waals surface area contributed by atoms with Gasteiger partial charge in [-0.25, -0.2) is 19.0 Å². The molecule has 4 aromatic rings. The molecule has 396 valence electrons. The van der Waals surface area contributed by atoms with Crippen molar-refractivity contribution in [2.75, 3.05) is 12.5 Å². The van der Waals surface area contributed by atoms with Crippen molar-refractivity contribution in [3.05, 3.63) is 95.6 Å². The minimum atomic E-state index is -1.91. The van der Waals surface area contributed by atoms with Crippen LogP contribution in [0.5, 0.6) is 0 Å². The first-order chi connectivity index (χ1) is 35.0. The number of aryl methyl sites for hydroxylation is 1. The fourth-order valence-electron chi connectivity index (χ4n) is 9.01. The summed E-state index contributed by atoms with van der Waals surface area (Å²) in [5.41, 5.74) is 1.47. The first-order valence-electron chi connectivity index (χ1n) is 23.9. The molecule has 3 aliphatic rings. The highest BCUT2D eigenvalue weighted by Crippen LogP contribution is 2.44. The molecule has 0 radical (unpaired) electrons. The lowest BCUT2D eigenvalue weighted by Gasteiger charge is -2.45. The Bertz CT molecular complexity index is 2490. The minimum Gasteiger partial charge on any atom is -0.457 e. The Morgan fingerprint density at radius 1 is 0.685 bits per heavy atom. The van der Waals surface area contributed by atoms with Gasteiger partial charge in [0.15, 0.2) is 30.7 Å². The molecule has 0 saturated carbocycles. The second-order valence-electron chi connectivity index (χ2n) is 18.0. The number of aliphatic hydroxyl groups is 1. The summed E-state index contributed by atoms with van der Waals surface area (Å²) in [5.74, 6) is -7.00. The van der Waals surface area contributed by atoms with Crippen LogP contribution in [-0.2, 0) is 87.9 Å². The van der Waals surface area contributed by atoms with Crippen molar-refractivity contribution >= 4 is 53.0 Å². The van der Waals surface area contributed by atoms with Gasteiger partial charge >= 0.3 is 29.8 Å². The van der Waals surface area contributed by atoms with Crippen molar-refractivity contribution < 1.29 is 76.4 Å². The van der Waals surface area contributed by atoms with E-state index in [-0.39, 0.29) is 37.4 Å². The molecular weight excluding hydrogens is 999 g/mol. The van der Waals surface area contributed by atoms with Crippen LogP contribution >= 0.6 is 23.2 Å². The average Bonchev–Trinajstić information content (AvgIpc) is 4.09. The highest BCUT2D eigenvalue weighted by Gasteiger charge is 2.61. The highest BCUT2D eigenvalue weighted by atomic mass is 35.5. The molecule has 0 unspecified atom stereocenters. The van der Waals surface area contributed by atoms with Gasteiger partial charge in [0.05, 0.1) is 66.9 Å². The topological polar surface area (TPSA) is 259 Å². The van der Waals surface area contributed by atoms with Crippen LogP contribution in [0.25, 0.3) is 0 Å². The van der Waals surface area contributed by atoms with Crippen molar-refractivity contribution in [3.63, 3.8) is 0 Å². The number of carbonyl (C=O) groups is 5. The third-order valence-corrected chi connectivity index (χ3v) is 13.5. The number of hydrogen-bond acceptors (Lipinski definition) is 20. The lowest BCUT2D eigenvalue weighted by atomic mass is 9.90. The van der Waals surface area contributed by atoms with Crippen LogP contribution in [0.2, 0.25) is 0 Å². The van der Waals surface area contributed by atoms with Gasteiger partial charge in [-0.3, -0.25) is 14.4 Å². The minimum absolute atomic E-state index is 0.0107. The molecule has 3 aliphatic heterocycles. The number of aromatic nitrogens is 6. The molecule has 1 N–H and O–H groups in total. The summed E-state index contributed by atoms with van der Waals surface area (Å²) in [6.45, 7) is 8.83. The van der Waals surface area contributed by atoms with Crippen LogP contribution in [0.1, 0.15) is 86.5 Å². The maximum atomic E-state index is 13.8. The summed E-state index contributed by atoms with van der Waals surface area (Å²) in [6.07, 6.45) is -6.55. The van der Waals surface area contributed by atoms with Crippen LogP contribution in [0.3, 0.4) is 0 Å². The van der Waals surface area contributed by atoms with Crippen LogP contribution < -0.4 is 0 Å². The number of carbonyl (C=O) groups excluding carboxylic acids is 5. The van der Waals surface area contributed by atoms with E-state index in [1.165, 1.54) is 18.5 Å². The van der Waals surface area contributed by atoms with E-state index in [4.69, 9.17) is 70.6 Å². The monoisotopic (exact) mass is 1060 g/mol. The summed E-state index contributed by atoms with van der Waals surface area (Å²) < 4.78 is 64.6. The molecule has 0 spiro atoms. The lowest BCUT2D eigenvalue weighted by molar-refractivity contribution is -0.358. The number of nitrogens with zero attached hydrogens (tertiary/aromatic N) is 6. The molecule has 2 aromatic heterocycles. The number of benzene rings is 2. The fraction of sp³-hybridized carbons (Fsp3) is 0.571. The molecule has 3 saturated heterocycles. The summed E-state index contributed by atoms with van der Waals surface area (Å²) in [4.78, 5) is 64.8. The SMILES string of the molecule is CC[C@H]1O[C@H](O[C@]2(CCl)O[C@H](Cn3cc(CO[C@@H]4O[C@H](Cn5cc(CCCO)nn5)[C@@H](C)[C@H](OC(=O)c5ccccc5)[C@H]4OC(=O)c4ccccc4)nn3)[C@@H](C)[C@@H]2OC(C)=O)[C@H](OC(C)=O)[C@@H](OC(C)=O)[C@H]1Cl. The second kappa shape index (κ2) is 25.1. The predicted molar refractivity (Wildman–Crippen MR) is 253 cm³/mol. The van der Waals surface area contributed by atoms with E-state index in [1.54, 1.807) is 91.6 Å². The van der Waals surface area contributed by atoms with E-state index in [1.807, 2.05) is 6.92 Å². The Morgan fingerprint density at radius 2 is 1.22 bits per heavy atom. The standard InChI is InChI=1S/C49H60Cl2N6O16/c1-7-36-39(51)41(65-29(4)59)43(66-30(5)60)48(68-36)73-49(26-50)44(67-31(6)61)28(3)38(72-49)24-57-22-35(53-55-57)25-64-47-42(71-46(63)33-17-12-9-13-18-33)40(70-45(62)32-15-10-8-11-16-32)27(2)37(69-47)23-56-21-34(52-54-56)19-14-20-58/h8-13,15-18,21-22,27-28,36-44,47-48,58H,7,14,19-20,23-26H2,1-6H3/t27-,28-,36-,37-,38-,39+,40+,41+,42-,43-,44+,47-,48-,49+/m1/s1. The zero-order valence-corrected chi connectivity index (χ0v) is 42.6. The molecule has 0 bridgehead atoms. The maximum Gasteiger partial charge on any atom is 0.338 e. The number of halogens is 2. The predicted octanol–water partition coefficient (Wildman–Crippen LogP) is 4.35. The Hall–Kier alpha value is -5.59. The highest BCUT2D eigenvalue weighted by molar-refractivity contribution is 6.21. The third kappa shape index (κ3) is 13.6. The van der Waals surface area contributed by atoms with Gasteiger partial charge in [-0.15, -0.1) is 33.4 Å². The Balaban J connectivity index is 1.13. The molecule has 0 amide bonds. The molecule has 2 aromatic carbocycles. The summed E-state index contributed by atoms with van der Waals surface area (Å²) >= 11 is 13.4. The maximum absolute atomic E-state index is 13.8. The van der Waals surface area contributed by atoms with Crippen LogP contribution in [0.4, 0.5) is 0 Å². The smallest absolute Gasteiger partial charge is 0.338 e. The first kappa shape index (κ1) is 55.2. The number of aliphatic hydroxyl groups excluding tert-OH is 1. The molecule has 7 rings (SSSR count). The van der Waals surface area contributed by atoms with Gasteiger partial charge in [0, 0.05) is 45.4 Å². The second-order valence-corrected chi connectivity index (χ2v) is 18.8. The molecule has 5 heterocycles. The zero-order chi connectivity index (χ0) is 52.4. The number of rotatable bonds is 21. The van der Waals surface area contributed by atoms with E-state index >= 15 is 0 Å². The Morgan fingerprint density at radius 3 is 1.79 bits per heavy atom. The Kier molecular flexibility index (Phi) is 19.0. The zero-order valence-electron chi connectivity index (χ0n) is 41.1. The first-order valence-corrected chi connectivity index (χ1v) is 24.9. The molecule has 73 heavy (non-hydrogen) atoms. The number of esters is 5. The molecule has 14 atom stereocenters. The molecule has 3 fully saturated rings. The van der Waals surface area contributed by atoms with Gasteiger partial charge in [0.1, 0.15) is 17.2 Å². The largest absolute Gasteiger partial charge is 0.457 e. The van der Waals surface area contributed by atoms with Crippen LogP contribution in [0, 0.1) is 11.8 Å². The van der Waals surface area contributed by atoms with E-state index in [2.05, 4.69) is 20.6 Å². The molecule has 0 aliphatic carbocycles. The molecule has 22 nitrogen and oxygen atoms in total. The average molecular weight is 1060 g/mol. The third-order valence-electron chi connectivity index (χ3n) is 12.6. The van der Waals surface area contributed by atoms with Crippen molar-refractivity contribution in [2.45, 2.75) is 153 Å². The summed E-state index contributed by atoms with van der Waals surface area (Å²) in [5, 5.41) is 25.6. The van der Waals surface area contributed by atoms with Gasteiger partial charge in [-0.05, 0) is 43.5 Å². The summed E-state index contributed by atoms with van der Waals surface area (Å²) in [6, 6.07) is 16.7. The number of ether oxygens (including phenoxy) is 10. The Labute approximate surface area is 431 Å². The van der Waals surface area contributed by atoms with E-state index in [0.717, 1.165) is 6.92 Å². The van der Waals surface area contributed by atoms with E-state index < -0.39 is 120 Å². The quantitative estimate of drug-likeness (QED) is 0.0691. The van der Waals surface area contributed by atoms with Gasteiger partial charge < -0.3 is 52.5 Å².